The minimum atomic E-state index is -0.183. The molecule has 7 heteroatoms. The summed E-state index contributed by atoms with van der Waals surface area (Å²) in [4.78, 5) is 35.3. The summed E-state index contributed by atoms with van der Waals surface area (Å²) < 4.78 is 0. The zero-order valence-corrected chi connectivity index (χ0v) is 15.1. The van der Waals surface area contributed by atoms with Crippen molar-refractivity contribution in [3.8, 4) is 11.3 Å². The standard InChI is InChI=1S/C20H21N5O2/c1-2-4-16-19-17(25-20(21)24-16)11-10-15(23-19)13-6-8-14(9-7-13)22-18(27)5-3-12-26/h6-12H,2-5H2,1H3,(H,22,27)(H2,21,24,25). The molecule has 0 bridgehead atoms. The summed E-state index contributed by atoms with van der Waals surface area (Å²) >= 11 is 0. The van der Waals surface area contributed by atoms with Gasteiger partial charge in [0.25, 0.3) is 0 Å². The van der Waals surface area contributed by atoms with Crippen molar-refractivity contribution in [2.24, 2.45) is 0 Å². The van der Waals surface area contributed by atoms with Crippen molar-refractivity contribution in [1.82, 2.24) is 15.0 Å². The monoisotopic (exact) mass is 363 g/mol. The van der Waals surface area contributed by atoms with Gasteiger partial charge in [-0.2, -0.15) is 0 Å². The fraction of sp³-hybridized carbons (Fsp3) is 0.250. The molecule has 0 fully saturated rings. The Morgan fingerprint density at radius 2 is 1.89 bits per heavy atom. The number of nitrogens with zero attached hydrogens (tertiary/aromatic N) is 3. The zero-order valence-electron chi connectivity index (χ0n) is 15.1. The van der Waals surface area contributed by atoms with Gasteiger partial charge in [-0.25, -0.2) is 15.0 Å². The number of carbonyl (C=O) groups is 2. The largest absolute Gasteiger partial charge is 0.368 e. The highest BCUT2D eigenvalue weighted by atomic mass is 16.1. The first-order valence-corrected chi connectivity index (χ1v) is 8.87. The molecule has 3 N–H and O–H groups in total. The van der Waals surface area contributed by atoms with E-state index in [1.54, 1.807) is 0 Å². The molecule has 0 atom stereocenters. The van der Waals surface area contributed by atoms with Crippen LogP contribution >= 0.6 is 0 Å². The highest BCUT2D eigenvalue weighted by Gasteiger charge is 2.10. The molecule has 3 rings (SSSR count). The molecule has 0 radical (unpaired) electrons. The molecule has 0 spiro atoms. The van der Waals surface area contributed by atoms with Gasteiger partial charge < -0.3 is 15.8 Å². The summed E-state index contributed by atoms with van der Waals surface area (Å²) in [6.45, 7) is 2.08. The molecule has 0 aliphatic heterocycles. The van der Waals surface area contributed by atoms with Crippen molar-refractivity contribution < 1.29 is 9.59 Å². The lowest BCUT2D eigenvalue weighted by molar-refractivity contribution is -0.118. The molecule has 2 aromatic heterocycles. The summed E-state index contributed by atoms with van der Waals surface area (Å²) in [5, 5.41) is 2.76. The lowest BCUT2D eigenvalue weighted by atomic mass is 10.1. The maximum Gasteiger partial charge on any atom is 0.224 e. The summed E-state index contributed by atoms with van der Waals surface area (Å²) in [6, 6.07) is 11.2. The number of aryl methyl sites for hydroxylation is 1. The molecule has 0 unspecified atom stereocenters. The van der Waals surface area contributed by atoms with Gasteiger partial charge in [0.1, 0.15) is 11.8 Å². The van der Waals surface area contributed by atoms with E-state index in [2.05, 4.69) is 22.2 Å². The second-order valence-electron chi connectivity index (χ2n) is 6.17. The summed E-state index contributed by atoms with van der Waals surface area (Å²) in [6.07, 6.45) is 2.86. The number of nitrogens with one attached hydrogen (secondary N) is 1. The lowest BCUT2D eigenvalue weighted by Crippen LogP contribution is -2.11. The Hall–Kier alpha value is -3.35. The number of hydrogen-bond donors (Lipinski definition) is 2. The molecule has 1 amide bonds. The Balaban J connectivity index is 1.86. The van der Waals surface area contributed by atoms with Gasteiger partial charge in [-0.1, -0.05) is 25.5 Å². The molecule has 27 heavy (non-hydrogen) atoms. The van der Waals surface area contributed by atoms with Crippen LogP contribution in [-0.4, -0.2) is 27.1 Å². The number of nitrogens with two attached hydrogens (primary N) is 1. The molecule has 0 aliphatic rings. The van der Waals surface area contributed by atoms with Gasteiger partial charge in [-0.05, 0) is 30.7 Å². The number of anilines is 2. The molecule has 3 aromatic rings. The number of carbonyl (C=O) groups excluding carboxylic acids is 2. The second-order valence-corrected chi connectivity index (χ2v) is 6.17. The number of aromatic nitrogens is 3. The van der Waals surface area contributed by atoms with Crippen LogP contribution in [0.1, 0.15) is 31.9 Å². The van der Waals surface area contributed by atoms with Gasteiger partial charge in [0.05, 0.1) is 16.9 Å². The van der Waals surface area contributed by atoms with E-state index in [-0.39, 0.29) is 24.7 Å². The third kappa shape index (κ3) is 4.44. The van der Waals surface area contributed by atoms with Crippen LogP contribution in [0, 0.1) is 0 Å². The van der Waals surface area contributed by atoms with Crippen LogP contribution in [0.15, 0.2) is 36.4 Å². The summed E-state index contributed by atoms with van der Waals surface area (Å²) in [7, 11) is 0. The fourth-order valence-electron chi connectivity index (χ4n) is 2.80. The van der Waals surface area contributed by atoms with Crippen LogP contribution in [-0.2, 0) is 16.0 Å². The topological polar surface area (TPSA) is 111 Å². The van der Waals surface area contributed by atoms with Gasteiger partial charge in [-0.15, -0.1) is 0 Å². The predicted octanol–water partition coefficient (Wildman–Crippen LogP) is 3.14. The number of aldehydes is 1. The van der Waals surface area contributed by atoms with Crippen molar-refractivity contribution in [1.29, 1.82) is 0 Å². The maximum atomic E-state index is 11.7. The van der Waals surface area contributed by atoms with Crippen molar-refractivity contribution in [3.63, 3.8) is 0 Å². The average Bonchev–Trinajstić information content (AvgIpc) is 2.67. The van der Waals surface area contributed by atoms with Crippen LogP contribution in [0.4, 0.5) is 11.6 Å². The van der Waals surface area contributed by atoms with Crippen LogP contribution in [0.5, 0.6) is 0 Å². The highest BCUT2D eigenvalue weighted by molar-refractivity contribution is 5.92. The number of pyridine rings is 1. The quantitative estimate of drug-likeness (QED) is 0.624. The summed E-state index contributed by atoms with van der Waals surface area (Å²) in [5.41, 5.74) is 10.5. The Morgan fingerprint density at radius 1 is 1.11 bits per heavy atom. The van der Waals surface area contributed by atoms with Gasteiger partial charge in [0, 0.05) is 24.1 Å². The first kappa shape index (κ1) is 18.4. The van der Waals surface area contributed by atoms with Crippen molar-refractivity contribution in [3.05, 3.63) is 42.1 Å². The van der Waals surface area contributed by atoms with Gasteiger partial charge in [0.15, 0.2) is 0 Å². The fourth-order valence-corrected chi connectivity index (χ4v) is 2.80. The first-order valence-electron chi connectivity index (χ1n) is 8.87. The number of nitrogen functional groups attached to an aromatic ring is 1. The highest BCUT2D eigenvalue weighted by Crippen LogP contribution is 2.24. The predicted molar refractivity (Wildman–Crippen MR) is 105 cm³/mol. The van der Waals surface area contributed by atoms with Gasteiger partial charge in [-0.3, -0.25) is 4.79 Å². The van der Waals surface area contributed by atoms with E-state index in [9.17, 15) is 9.59 Å². The van der Waals surface area contributed by atoms with Crippen molar-refractivity contribution >= 4 is 34.9 Å². The average molecular weight is 363 g/mol. The zero-order chi connectivity index (χ0) is 19.2. The van der Waals surface area contributed by atoms with Crippen LogP contribution in [0.25, 0.3) is 22.3 Å². The third-order valence-electron chi connectivity index (χ3n) is 4.07. The van der Waals surface area contributed by atoms with Gasteiger partial charge >= 0.3 is 0 Å². The van der Waals surface area contributed by atoms with E-state index in [1.165, 1.54) is 0 Å². The Morgan fingerprint density at radius 3 is 2.59 bits per heavy atom. The molecule has 2 heterocycles. The molecular weight excluding hydrogens is 342 g/mol. The number of amides is 1. The van der Waals surface area contributed by atoms with Gasteiger partial charge in [0.2, 0.25) is 11.9 Å². The van der Waals surface area contributed by atoms with Crippen LogP contribution in [0.3, 0.4) is 0 Å². The SMILES string of the molecule is CCCc1nc(N)nc2ccc(-c3ccc(NC(=O)CCC=O)cc3)nc12. The minimum Gasteiger partial charge on any atom is -0.368 e. The molecule has 138 valence electrons. The molecule has 0 saturated heterocycles. The summed E-state index contributed by atoms with van der Waals surface area (Å²) in [5.74, 6) is 0.0767. The van der Waals surface area contributed by atoms with E-state index in [1.807, 2.05) is 36.4 Å². The van der Waals surface area contributed by atoms with E-state index in [4.69, 9.17) is 10.7 Å². The molecule has 1 aromatic carbocycles. The lowest BCUT2D eigenvalue weighted by Gasteiger charge is -2.09. The molecule has 0 saturated carbocycles. The first-order chi connectivity index (χ1) is 13.1. The van der Waals surface area contributed by atoms with E-state index >= 15 is 0 Å². The number of hydrogen-bond acceptors (Lipinski definition) is 6. The molecule has 0 aliphatic carbocycles. The molecule has 7 nitrogen and oxygen atoms in total. The smallest absolute Gasteiger partial charge is 0.224 e. The Bertz CT molecular complexity index is 970. The third-order valence-corrected chi connectivity index (χ3v) is 4.07. The van der Waals surface area contributed by atoms with Crippen molar-refractivity contribution in [2.45, 2.75) is 32.6 Å². The Kier molecular flexibility index (Phi) is 5.71. The number of rotatable bonds is 7. The van der Waals surface area contributed by atoms with E-state index in [0.29, 0.717) is 5.69 Å². The van der Waals surface area contributed by atoms with E-state index in [0.717, 1.165) is 47.1 Å². The Labute approximate surface area is 157 Å². The maximum absolute atomic E-state index is 11.7. The second kappa shape index (κ2) is 8.35. The number of benzene rings is 1. The van der Waals surface area contributed by atoms with Crippen molar-refractivity contribution in [2.75, 3.05) is 11.1 Å². The van der Waals surface area contributed by atoms with Crippen LogP contribution < -0.4 is 11.1 Å². The normalized spacial score (nSPS) is 10.7. The minimum absolute atomic E-state index is 0.181. The number of fused-ring (bicyclic) bond motifs is 1. The van der Waals surface area contributed by atoms with E-state index < -0.39 is 0 Å². The van der Waals surface area contributed by atoms with Crippen LogP contribution in [0.2, 0.25) is 0 Å². The molecular formula is C20H21N5O2.